The summed E-state index contributed by atoms with van der Waals surface area (Å²) >= 11 is 0. The number of hydrogen-bond donors (Lipinski definition) is 3. The molecule has 2 amide bonds. The maximum Gasteiger partial charge on any atom is 0.253 e. The van der Waals surface area contributed by atoms with E-state index in [0.29, 0.717) is 11.3 Å². The van der Waals surface area contributed by atoms with Crippen molar-refractivity contribution in [3.63, 3.8) is 0 Å². The molecule has 4 N–H and O–H groups in total. The van der Waals surface area contributed by atoms with Crippen molar-refractivity contribution in [1.29, 1.82) is 0 Å². The van der Waals surface area contributed by atoms with Crippen molar-refractivity contribution < 1.29 is 9.59 Å². The average Bonchev–Trinajstić information content (AvgIpc) is 2.36. The minimum atomic E-state index is -0.340. The summed E-state index contributed by atoms with van der Waals surface area (Å²) in [4.78, 5) is 24.4. The van der Waals surface area contributed by atoms with E-state index in [9.17, 15) is 9.59 Å². The molecule has 0 fully saturated rings. The van der Waals surface area contributed by atoms with Gasteiger partial charge in [-0.05, 0) is 39.8 Å². The van der Waals surface area contributed by atoms with E-state index in [2.05, 4.69) is 10.6 Å². The number of hydrogen-bond acceptors (Lipinski definition) is 3. The summed E-state index contributed by atoms with van der Waals surface area (Å²) in [6.07, 6.45) is 0. The third-order valence-electron chi connectivity index (χ3n) is 3.12. The van der Waals surface area contributed by atoms with E-state index in [1.165, 1.54) is 0 Å². The van der Waals surface area contributed by atoms with E-state index in [4.69, 9.17) is 5.73 Å². The van der Waals surface area contributed by atoms with Crippen LogP contribution in [-0.4, -0.2) is 23.4 Å². The van der Waals surface area contributed by atoms with Gasteiger partial charge in [0.05, 0.1) is 17.2 Å². The molecular weight excluding hydrogens is 302 g/mol. The van der Waals surface area contributed by atoms with Gasteiger partial charge in [-0.2, -0.15) is 0 Å². The van der Waals surface area contributed by atoms with Crippen LogP contribution in [0.1, 0.15) is 45.0 Å². The van der Waals surface area contributed by atoms with Gasteiger partial charge in [-0.25, -0.2) is 0 Å². The van der Waals surface area contributed by atoms with Crippen molar-refractivity contribution >= 4 is 29.9 Å². The van der Waals surface area contributed by atoms with Crippen molar-refractivity contribution in [3.8, 4) is 0 Å². The zero-order valence-corrected chi connectivity index (χ0v) is 14.6. The zero-order chi connectivity index (χ0) is 16.2. The van der Waals surface area contributed by atoms with E-state index < -0.39 is 0 Å². The van der Waals surface area contributed by atoms with Crippen LogP contribution in [0.2, 0.25) is 0 Å². The quantitative estimate of drug-likeness (QED) is 0.794. The smallest absolute Gasteiger partial charge is 0.253 e. The van der Waals surface area contributed by atoms with Crippen LogP contribution in [0.4, 0.5) is 5.69 Å². The molecule has 0 aromatic heterocycles. The van der Waals surface area contributed by atoms with Crippen molar-refractivity contribution in [1.82, 2.24) is 5.32 Å². The molecule has 2 atom stereocenters. The fourth-order valence-electron chi connectivity index (χ4n) is 1.68. The van der Waals surface area contributed by atoms with Crippen LogP contribution >= 0.6 is 12.4 Å². The lowest BCUT2D eigenvalue weighted by molar-refractivity contribution is -0.119. The Kier molecular flexibility index (Phi) is 7.56. The zero-order valence-electron chi connectivity index (χ0n) is 13.8. The highest BCUT2D eigenvalue weighted by Gasteiger charge is 2.21. The van der Waals surface area contributed by atoms with Gasteiger partial charge in [0.15, 0.2) is 0 Å². The largest absolute Gasteiger partial charge is 0.347 e. The lowest BCUT2D eigenvalue weighted by Crippen LogP contribution is -2.41. The molecule has 5 nitrogen and oxygen atoms in total. The molecule has 0 saturated carbocycles. The van der Waals surface area contributed by atoms with Gasteiger partial charge in [-0.15, -0.1) is 12.4 Å². The first-order valence-corrected chi connectivity index (χ1v) is 7.10. The minimum absolute atomic E-state index is 0. The lowest BCUT2D eigenvalue weighted by atomic mass is 10.0. The van der Waals surface area contributed by atoms with Gasteiger partial charge in [0.2, 0.25) is 5.91 Å². The predicted octanol–water partition coefficient (Wildman–Crippen LogP) is 2.56. The van der Waals surface area contributed by atoms with Gasteiger partial charge in [-0.1, -0.05) is 19.1 Å². The summed E-state index contributed by atoms with van der Waals surface area (Å²) in [5, 5.41) is 5.66. The van der Waals surface area contributed by atoms with Crippen LogP contribution in [0.15, 0.2) is 24.3 Å². The van der Waals surface area contributed by atoms with Gasteiger partial charge in [0.25, 0.3) is 5.91 Å². The summed E-state index contributed by atoms with van der Waals surface area (Å²) in [6.45, 7) is 9.26. The third kappa shape index (κ3) is 6.03. The molecule has 0 heterocycles. The minimum Gasteiger partial charge on any atom is -0.347 e. The molecule has 124 valence electrons. The van der Waals surface area contributed by atoms with Crippen LogP contribution in [0.25, 0.3) is 0 Å². The molecule has 0 aliphatic carbocycles. The first-order chi connectivity index (χ1) is 9.61. The molecule has 1 aromatic rings. The molecule has 0 aliphatic rings. The maximum atomic E-state index is 12.3. The first-order valence-electron chi connectivity index (χ1n) is 7.10. The Morgan fingerprint density at radius 3 is 2.18 bits per heavy atom. The second kappa shape index (κ2) is 8.15. The molecule has 6 heteroatoms. The average molecular weight is 328 g/mol. The van der Waals surface area contributed by atoms with Gasteiger partial charge in [-0.3, -0.25) is 9.59 Å². The van der Waals surface area contributed by atoms with E-state index in [1.54, 1.807) is 38.1 Å². The fraction of sp³-hybridized carbons (Fsp3) is 0.500. The molecule has 22 heavy (non-hydrogen) atoms. The summed E-state index contributed by atoms with van der Waals surface area (Å²) in [7, 11) is 0. The normalized spacial score (nSPS) is 13.5. The molecular formula is C16H26ClN3O2. The van der Waals surface area contributed by atoms with Gasteiger partial charge >= 0.3 is 0 Å². The van der Waals surface area contributed by atoms with Crippen LogP contribution in [0.5, 0.6) is 0 Å². The van der Waals surface area contributed by atoms with Crippen LogP contribution in [0.3, 0.4) is 0 Å². The second-order valence-corrected chi connectivity index (χ2v) is 6.39. The predicted molar refractivity (Wildman–Crippen MR) is 92.4 cm³/mol. The third-order valence-corrected chi connectivity index (χ3v) is 3.12. The Morgan fingerprint density at radius 1 is 1.14 bits per heavy atom. The standard InChI is InChI=1S/C16H25N3O2.ClH/c1-10(11(2)17)14(20)18-13-9-7-6-8-12(13)15(21)19-16(3,4)5;/h6-11H,17H2,1-5H3,(H,18,20)(H,19,21);1H. The molecule has 0 saturated heterocycles. The van der Waals surface area contributed by atoms with E-state index in [0.717, 1.165) is 0 Å². The summed E-state index contributed by atoms with van der Waals surface area (Å²) in [5.41, 5.74) is 6.33. The van der Waals surface area contributed by atoms with Crippen molar-refractivity contribution in [2.75, 3.05) is 5.32 Å². The topological polar surface area (TPSA) is 84.2 Å². The number of amides is 2. The Labute approximate surface area is 138 Å². The Balaban J connectivity index is 0.00000441. The van der Waals surface area contributed by atoms with Gasteiger partial charge < -0.3 is 16.4 Å². The number of anilines is 1. The molecule has 0 bridgehead atoms. The number of nitrogens with one attached hydrogen (secondary N) is 2. The Bertz CT molecular complexity index is 524. The van der Waals surface area contributed by atoms with Crippen LogP contribution in [-0.2, 0) is 4.79 Å². The number of para-hydroxylation sites is 1. The van der Waals surface area contributed by atoms with E-state index in [-0.39, 0.29) is 41.7 Å². The molecule has 1 aromatic carbocycles. The highest BCUT2D eigenvalue weighted by Crippen LogP contribution is 2.17. The number of benzene rings is 1. The fourth-order valence-corrected chi connectivity index (χ4v) is 1.68. The SMILES string of the molecule is CC(N)C(C)C(=O)Nc1ccccc1C(=O)NC(C)(C)C.Cl. The number of carbonyl (C=O) groups is 2. The van der Waals surface area contributed by atoms with Gasteiger partial charge in [0, 0.05) is 11.6 Å². The first kappa shape index (κ1) is 20.4. The molecule has 0 radical (unpaired) electrons. The summed E-state index contributed by atoms with van der Waals surface area (Å²) < 4.78 is 0. The highest BCUT2D eigenvalue weighted by atomic mass is 35.5. The molecule has 1 rings (SSSR count). The molecule has 0 aliphatic heterocycles. The van der Waals surface area contributed by atoms with E-state index >= 15 is 0 Å². The monoisotopic (exact) mass is 327 g/mol. The number of halogens is 1. The number of nitrogens with two attached hydrogens (primary N) is 1. The number of carbonyl (C=O) groups excluding carboxylic acids is 2. The second-order valence-electron chi connectivity index (χ2n) is 6.39. The Morgan fingerprint density at radius 2 is 1.68 bits per heavy atom. The van der Waals surface area contributed by atoms with Crippen molar-refractivity contribution in [2.45, 2.75) is 46.2 Å². The Hall–Kier alpha value is -1.59. The maximum absolute atomic E-state index is 12.3. The highest BCUT2D eigenvalue weighted by molar-refractivity contribution is 6.04. The van der Waals surface area contributed by atoms with Crippen LogP contribution < -0.4 is 16.4 Å². The summed E-state index contributed by atoms with van der Waals surface area (Å²) in [5.74, 6) is -0.739. The summed E-state index contributed by atoms with van der Waals surface area (Å²) in [6, 6.07) is 6.69. The van der Waals surface area contributed by atoms with E-state index in [1.807, 2.05) is 20.8 Å². The van der Waals surface area contributed by atoms with Gasteiger partial charge in [0.1, 0.15) is 0 Å². The van der Waals surface area contributed by atoms with Crippen molar-refractivity contribution in [3.05, 3.63) is 29.8 Å². The van der Waals surface area contributed by atoms with Crippen LogP contribution in [0, 0.1) is 5.92 Å². The lowest BCUT2D eigenvalue weighted by Gasteiger charge is -2.22. The number of rotatable bonds is 4. The van der Waals surface area contributed by atoms with Crippen molar-refractivity contribution in [2.24, 2.45) is 11.7 Å². The molecule has 2 unspecified atom stereocenters. The molecule has 0 spiro atoms.